The van der Waals surface area contributed by atoms with Crippen molar-refractivity contribution in [1.82, 2.24) is 0 Å². The van der Waals surface area contributed by atoms with Gasteiger partial charge in [0.15, 0.2) is 0 Å². The van der Waals surface area contributed by atoms with Crippen LogP contribution in [0.3, 0.4) is 0 Å². The van der Waals surface area contributed by atoms with E-state index >= 15 is 0 Å². The van der Waals surface area contributed by atoms with E-state index in [1.165, 1.54) is 0 Å². The smallest absolute Gasteiger partial charge is 0.0319 e. The van der Waals surface area contributed by atoms with Crippen LogP contribution in [0.5, 0.6) is 0 Å². The quantitative estimate of drug-likeness (QED) is 0.465. The lowest BCUT2D eigenvalue weighted by Gasteiger charge is -1.21. The molecule has 0 aliphatic rings. The van der Waals surface area contributed by atoms with Crippen LogP contribution in [0, 0.1) is 0 Å². The SMILES string of the molecule is C=C.C=C.CO.CO. The van der Waals surface area contributed by atoms with Crippen LogP contribution < -0.4 is 0 Å². The van der Waals surface area contributed by atoms with Gasteiger partial charge in [-0.05, 0) is 0 Å². The summed E-state index contributed by atoms with van der Waals surface area (Å²) in [6.45, 7) is 12.0. The van der Waals surface area contributed by atoms with Crippen LogP contribution >= 0.6 is 0 Å². The maximum Gasteiger partial charge on any atom is 0.0319 e. The van der Waals surface area contributed by atoms with Gasteiger partial charge in [0.25, 0.3) is 0 Å². The average Bonchev–Trinajstić information content (AvgIpc) is 2.03. The summed E-state index contributed by atoms with van der Waals surface area (Å²) < 4.78 is 0. The Morgan fingerprint density at radius 1 is 0.625 bits per heavy atom. The molecule has 2 heteroatoms. The van der Waals surface area contributed by atoms with E-state index in [0.717, 1.165) is 14.2 Å². The summed E-state index contributed by atoms with van der Waals surface area (Å²) in [6, 6.07) is 0. The summed E-state index contributed by atoms with van der Waals surface area (Å²) in [5, 5.41) is 14.0. The van der Waals surface area contributed by atoms with Crippen molar-refractivity contribution in [2.24, 2.45) is 0 Å². The van der Waals surface area contributed by atoms with Gasteiger partial charge in [-0.1, -0.05) is 0 Å². The Hall–Kier alpha value is -0.600. The van der Waals surface area contributed by atoms with Gasteiger partial charge in [-0.15, -0.1) is 26.3 Å². The van der Waals surface area contributed by atoms with E-state index in [1.54, 1.807) is 0 Å². The molecular weight excluding hydrogens is 104 g/mol. The third-order valence-corrected chi connectivity index (χ3v) is 0. The van der Waals surface area contributed by atoms with Gasteiger partial charge in [0.1, 0.15) is 0 Å². The van der Waals surface area contributed by atoms with Crippen molar-refractivity contribution < 1.29 is 10.2 Å². The molecular formula is C6H16O2. The number of rotatable bonds is 0. The molecule has 0 bridgehead atoms. The van der Waals surface area contributed by atoms with Crippen LogP contribution in [0.4, 0.5) is 0 Å². The predicted molar refractivity (Wildman–Crippen MR) is 38.8 cm³/mol. The third-order valence-electron chi connectivity index (χ3n) is 0. The molecule has 0 aromatic heterocycles. The first-order valence-corrected chi connectivity index (χ1v) is 1.89. The van der Waals surface area contributed by atoms with E-state index in [9.17, 15) is 0 Å². The van der Waals surface area contributed by atoms with Gasteiger partial charge in [0.05, 0.1) is 0 Å². The summed E-state index contributed by atoms with van der Waals surface area (Å²) in [5.41, 5.74) is 0. The molecule has 0 saturated carbocycles. The zero-order valence-electron chi connectivity index (χ0n) is 5.72. The van der Waals surface area contributed by atoms with Gasteiger partial charge >= 0.3 is 0 Å². The zero-order valence-corrected chi connectivity index (χ0v) is 5.72. The second-order valence-electron chi connectivity index (χ2n) is 0. The molecule has 0 saturated heterocycles. The first-order chi connectivity index (χ1) is 4.00. The third kappa shape index (κ3) is 290. The highest BCUT2D eigenvalue weighted by atomic mass is 16.2. The maximum absolute atomic E-state index is 7.00. The Morgan fingerprint density at radius 3 is 0.625 bits per heavy atom. The van der Waals surface area contributed by atoms with Crippen molar-refractivity contribution in [3.63, 3.8) is 0 Å². The molecule has 2 nitrogen and oxygen atoms in total. The Morgan fingerprint density at radius 2 is 0.625 bits per heavy atom. The van der Waals surface area contributed by atoms with Gasteiger partial charge in [0.2, 0.25) is 0 Å². The van der Waals surface area contributed by atoms with E-state index in [0.29, 0.717) is 0 Å². The van der Waals surface area contributed by atoms with E-state index in [2.05, 4.69) is 26.3 Å². The molecule has 0 unspecified atom stereocenters. The molecule has 0 atom stereocenters. The highest BCUT2D eigenvalue weighted by molar-refractivity contribution is 4.22. The monoisotopic (exact) mass is 120 g/mol. The molecule has 0 aromatic carbocycles. The summed E-state index contributed by atoms with van der Waals surface area (Å²) in [6.07, 6.45) is 0. The molecule has 52 valence electrons. The Balaban J connectivity index is -0.0000000133. The fourth-order valence-electron chi connectivity index (χ4n) is 0. The maximum atomic E-state index is 7.00. The molecule has 2 N–H and O–H groups in total. The van der Waals surface area contributed by atoms with Crippen LogP contribution in [-0.2, 0) is 0 Å². The number of hydrogen-bond donors (Lipinski definition) is 2. The minimum absolute atomic E-state index is 1.00. The van der Waals surface area contributed by atoms with E-state index in [1.807, 2.05) is 0 Å². The first-order valence-electron chi connectivity index (χ1n) is 1.89. The molecule has 8 heavy (non-hydrogen) atoms. The standard InChI is InChI=1S/2C2H4.2CH4O/c4*1-2/h2*1-2H2;2*2H,1H3. The van der Waals surface area contributed by atoms with Crippen molar-refractivity contribution in [2.45, 2.75) is 0 Å². The molecule has 0 rings (SSSR count). The number of aliphatic hydroxyl groups excluding tert-OH is 2. The zero-order chi connectivity index (χ0) is 8.00. The first kappa shape index (κ1) is 26.2. The van der Waals surface area contributed by atoms with Crippen LogP contribution in [-0.4, -0.2) is 24.4 Å². The molecule has 0 aliphatic heterocycles. The molecule has 0 heterocycles. The molecule has 0 aromatic rings. The Bertz CT molecular complexity index is 8.49. The fourth-order valence-corrected chi connectivity index (χ4v) is 0. The van der Waals surface area contributed by atoms with Crippen LogP contribution in [0.15, 0.2) is 26.3 Å². The average molecular weight is 120 g/mol. The van der Waals surface area contributed by atoms with E-state index in [-0.39, 0.29) is 0 Å². The lowest BCUT2D eigenvalue weighted by Crippen LogP contribution is -1.25. The van der Waals surface area contributed by atoms with Crippen molar-refractivity contribution in [3.05, 3.63) is 26.3 Å². The summed E-state index contributed by atoms with van der Waals surface area (Å²) in [4.78, 5) is 0. The minimum Gasteiger partial charge on any atom is -0.400 e. The highest BCUT2D eigenvalue weighted by Gasteiger charge is 0.841. The normalized spacial score (nSPS) is 2.50. The van der Waals surface area contributed by atoms with E-state index < -0.39 is 0 Å². The number of hydrogen-bond acceptors (Lipinski definition) is 2. The van der Waals surface area contributed by atoms with Crippen LogP contribution in [0.1, 0.15) is 0 Å². The van der Waals surface area contributed by atoms with Crippen molar-refractivity contribution >= 4 is 0 Å². The second kappa shape index (κ2) is 518. The predicted octanol–water partition coefficient (Wildman–Crippen LogP) is 0.821. The number of aliphatic hydroxyl groups is 2. The van der Waals surface area contributed by atoms with Gasteiger partial charge in [-0.3, -0.25) is 0 Å². The summed E-state index contributed by atoms with van der Waals surface area (Å²) >= 11 is 0. The van der Waals surface area contributed by atoms with Crippen molar-refractivity contribution in [2.75, 3.05) is 14.2 Å². The molecule has 0 fully saturated rings. The van der Waals surface area contributed by atoms with Crippen LogP contribution in [0.25, 0.3) is 0 Å². The van der Waals surface area contributed by atoms with Crippen molar-refractivity contribution in [1.29, 1.82) is 0 Å². The molecule has 0 amide bonds. The van der Waals surface area contributed by atoms with Gasteiger partial charge in [-0.2, -0.15) is 0 Å². The van der Waals surface area contributed by atoms with E-state index in [4.69, 9.17) is 10.2 Å². The Labute approximate surface area is 51.8 Å². The Kier molecular flexibility index (Phi) is 1700. The molecule has 0 aliphatic carbocycles. The lowest BCUT2D eigenvalue weighted by atomic mass is 11.3. The summed E-state index contributed by atoms with van der Waals surface area (Å²) in [7, 11) is 2.00. The van der Waals surface area contributed by atoms with Gasteiger partial charge in [-0.25, -0.2) is 0 Å². The van der Waals surface area contributed by atoms with Crippen LogP contribution in [0.2, 0.25) is 0 Å². The molecule has 0 radical (unpaired) electrons. The second-order valence-corrected chi connectivity index (χ2v) is 0. The minimum atomic E-state index is 1.00. The lowest BCUT2D eigenvalue weighted by molar-refractivity contribution is 0.399. The van der Waals surface area contributed by atoms with Gasteiger partial charge < -0.3 is 10.2 Å². The van der Waals surface area contributed by atoms with Gasteiger partial charge in [0, 0.05) is 14.2 Å². The molecule has 0 spiro atoms. The highest BCUT2D eigenvalue weighted by Crippen LogP contribution is 0.864. The fraction of sp³-hybridized carbons (Fsp3) is 0.333. The topological polar surface area (TPSA) is 40.5 Å². The van der Waals surface area contributed by atoms with Crippen molar-refractivity contribution in [3.8, 4) is 0 Å². The summed E-state index contributed by atoms with van der Waals surface area (Å²) in [5.74, 6) is 0. The largest absolute Gasteiger partial charge is 0.400 e.